The van der Waals surface area contributed by atoms with E-state index in [1.165, 1.54) is 12.8 Å². The Labute approximate surface area is 120 Å². The van der Waals surface area contributed by atoms with E-state index in [0.29, 0.717) is 17.8 Å². The molecule has 1 fully saturated rings. The number of rotatable bonds is 8. The molecular formula is C13H25N7. The lowest BCUT2D eigenvalue weighted by Gasteiger charge is -2.20. The molecule has 112 valence electrons. The Bertz CT molecular complexity index is 431. The van der Waals surface area contributed by atoms with Gasteiger partial charge in [0.25, 0.3) is 0 Å². The van der Waals surface area contributed by atoms with Crippen LogP contribution in [0.3, 0.4) is 0 Å². The highest BCUT2D eigenvalue weighted by Gasteiger charge is 2.27. The molecule has 0 amide bonds. The normalized spacial score (nSPS) is 14.4. The maximum atomic E-state index is 4.40. The van der Waals surface area contributed by atoms with Gasteiger partial charge in [0.1, 0.15) is 0 Å². The minimum atomic E-state index is 0.584. The standard InChI is InChI=1S/C13H25N7/c1-5-20(10-6-7-10)9-8-15-12-16-11(14-2)17-13(18-12)19(3)4/h10H,5-9H2,1-4H3,(H2,14,15,16,17,18). The van der Waals surface area contributed by atoms with Crippen molar-refractivity contribution >= 4 is 17.8 Å². The van der Waals surface area contributed by atoms with E-state index in [2.05, 4.69) is 37.4 Å². The lowest BCUT2D eigenvalue weighted by atomic mass is 10.4. The van der Waals surface area contributed by atoms with E-state index in [1.54, 1.807) is 0 Å². The van der Waals surface area contributed by atoms with Gasteiger partial charge in [-0.15, -0.1) is 0 Å². The van der Waals surface area contributed by atoms with Gasteiger partial charge in [-0.3, -0.25) is 4.90 Å². The number of hydrogen-bond acceptors (Lipinski definition) is 7. The molecule has 0 aliphatic heterocycles. The highest BCUT2D eigenvalue weighted by Crippen LogP contribution is 2.25. The molecule has 1 aromatic rings. The van der Waals surface area contributed by atoms with Crippen LogP contribution in [0, 0.1) is 0 Å². The van der Waals surface area contributed by atoms with Crippen molar-refractivity contribution in [2.75, 3.05) is 56.3 Å². The van der Waals surface area contributed by atoms with Crippen LogP contribution in [0.2, 0.25) is 0 Å². The molecule has 0 atom stereocenters. The zero-order chi connectivity index (χ0) is 14.5. The Morgan fingerprint density at radius 1 is 1.15 bits per heavy atom. The average molecular weight is 279 g/mol. The quantitative estimate of drug-likeness (QED) is 0.732. The second-order valence-electron chi connectivity index (χ2n) is 5.21. The van der Waals surface area contributed by atoms with Gasteiger partial charge in [-0.2, -0.15) is 15.0 Å². The zero-order valence-corrected chi connectivity index (χ0v) is 12.8. The Balaban J connectivity index is 1.92. The average Bonchev–Trinajstić information content (AvgIpc) is 3.27. The minimum absolute atomic E-state index is 0.584. The van der Waals surface area contributed by atoms with Crippen molar-refractivity contribution in [3.05, 3.63) is 0 Å². The van der Waals surface area contributed by atoms with E-state index in [-0.39, 0.29) is 0 Å². The molecule has 1 aromatic heterocycles. The van der Waals surface area contributed by atoms with E-state index < -0.39 is 0 Å². The molecule has 0 unspecified atom stereocenters. The Morgan fingerprint density at radius 3 is 2.40 bits per heavy atom. The van der Waals surface area contributed by atoms with Gasteiger partial charge in [0.05, 0.1) is 0 Å². The third-order valence-corrected chi connectivity index (χ3v) is 3.40. The highest BCUT2D eigenvalue weighted by molar-refractivity contribution is 5.42. The molecule has 0 spiro atoms. The predicted molar refractivity (Wildman–Crippen MR) is 82.5 cm³/mol. The molecule has 0 bridgehead atoms. The van der Waals surface area contributed by atoms with Gasteiger partial charge in [0.15, 0.2) is 0 Å². The van der Waals surface area contributed by atoms with Crippen LogP contribution in [0.1, 0.15) is 19.8 Å². The van der Waals surface area contributed by atoms with E-state index in [4.69, 9.17) is 0 Å². The molecule has 20 heavy (non-hydrogen) atoms. The summed E-state index contributed by atoms with van der Waals surface area (Å²) in [7, 11) is 5.65. The maximum absolute atomic E-state index is 4.40. The van der Waals surface area contributed by atoms with Gasteiger partial charge in [-0.05, 0) is 19.4 Å². The molecule has 0 radical (unpaired) electrons. The summed E-state index contributed by atoms with van der Waals surface area (Å²) < 4.78 is 0. The van der Waals surface area contributed by atoms with Gasteiger partial charge >= 0.3 is 0 Å². The Hall–Kier alpha value is -1.63. The van der Waals surface area contributed by atoms with Crippen molar-refractivity contribution in [1.82, 2.24) is 19.9 Å². The van der Waals surface area contributed by atoms with E-state index in [9.17, 15) is 0 Å². The van der Waals surface area contributed by atoms with Crippen LogP contribution >= 0.6 is 0 Å². The van der Waals surface area contributed by atoms with Crippen molar-refractivity contribution in [2.24, 2.45) is 0 Å². The van der Waals surface area contributed by atoms with Crippen molar-refractivity contribution in [3.63, 3.8) is 0 Å². The van der Waals surface area contributed by atoms with Crippen LogP contribution in [0.25, 0.3) is 0 Å². The molecule has 7 nitrogen and oxygen atoms in total. The molecule has 2 N–H and O–H groups in total. The Morgan fingerprint density at radius 2 is 1.85 bits per heavy atom. The summed E-state index contributed by atoms with van der Waals surface area (Å²) >= 11 is 0. The fourth-order valence-corrected chi connectivity index (χ4v) is 2.11. The maximum Gasteiger partial charge on any atom is 0.231 e. The van der Waals surface area contributed by atoms with Gasteiger partial charge in [0, 0.05) is 40.3 Å². The summed E-state index contributed by atoms with van der Waals surface area (Å²) in [6, 6.07) is 0.797. The van der Waals surface area contributed by atoms with Crippen LogP contribution in [0.15, 0.2) is 0 Å². The fourth-order valence-electron chi connectivity index (χ4n) is 2.11. The van der Waals surface area contributed by atoms with Crippen LogP contribution in [0.4, 0.5) is 17.8 Å². The SMILES string of the molecule is CCN(CCNc1nc(NC)nc(N(C)C)n1)C1CC1. The summed E-state index contributed by atoms with van der Waals surface area (Å²) in [5.41, 5.74) is 0. The highest BCUT2D eigenvalue weighted by atomic mass is 15.3. The van der Waals surface area contributed by atoms with Crippen molar-refractivity contribution < 1.29 is 0 Å². The first kappa shape index (κ1) is 14.8. The predicted octanol–water partition coefficient (Wildman–Crippen LogP) is 0.875. The first-order valence-corrected chi connectivity index (χ1v) is 7.23. The van der Waals surface area contributed by atoms with Gasteiger partial charge in [-0.1, -0.05) is 6.92 Å². The molecule has 1 saturated carbocycles. The largest absolute Gasteiger partial charge is 0.357 e. The zero-order valence-electron chi connectivity index (χ0n) is 12.8. The van der Waals surface area contributed by atoms with Crippen molar-refractivity contribution in [1.29, 1.82) is 0 Å². The molecule has 0 aromatic carbocycles. The number of aromatic nitrogens is 3. The van der Waals surface area contributed by atoms with Gasteiger partial charge in [0.2, 0.25) is 17.8 Å². The van der Waals surface area contributed by atoms with Crippen LogP contribution in [-0.4, -0.2) is 66.7 Å². The van der Waals surface area contributed by atoms with Gasteiger partial charge < -0.3 is 15.5 Å². The molecular weight excluding hydrogens is 254 g/mol. The summed E-state index contributed by atoms with van der Waals surface area (Å²) in [6.45, 7) is 5.20. The number of anilines is 3. The molecule has 0 saturated heterocycles. The van der Waals surface area contributed by atoms with E-state index in [1.807, 2.05) is 26.0 Å². The number of hydrogen-bond donors (Lipinski definition) is 2. The third-order valence-electron chi connectivity index (χ3n) is 3.40. The lowest BCUT2D eigenvalue weighted by Crippen LogP contribution is -2.31. The molecule has 1 aliphatic rings. The lowest BCUT2D eigenvalue weighted by molar-refractivity contribution is 0.289. The monoisotopic (exact) mass is 279 g/mol. The summed E-state index contributed by atoms with van der Waals surface area (Å²) in [5.74, 6) is 1.86. The van der Waals surface area contributed by atoms with E-state index in [0.717, 1.165) is 25.7 Å². The second-order valence-corrected chi connectivity index (χ2v) is 5.21. The first-order chi connectivity index (χ1) is 9.63. The number of nitrogens with one attached hydrogen (secondary N) is 2. The van der Waals surface area contributed by atoms with Crippen LogP contribution < -0.4 is 15.5 Å². The van der Waals surface area contributed by atoms with Crippen molar-refractivity contribution in [3.8, 4) is 0 Å². The first-order valence-electron chi connectivity index (χ1n) is 7.23. The third kappa shape index (κ3) is 3.93. The van der Waals surface area contributed by atoms with Crippen LogP contribution in [-0.2, 0) is 0 Å². The topological polar surface area (TPSA) is 69.2 Å². The van der Waals surface area contributed by atoms with Crippen LogP contribution in [0.5, 0.6) is 0 Å². The second kappa shape index (κ2) is 6.69. The number of nitrogens with zero attached hydrogens (tertiary/aromatic N) is 5. The molecule has 7 heteroatoms. The summed E-state index contributed by atoms with van der Waals surface area (Å²) in [6.07, 6.45) is 2.68. The van der Waals surface area contributed by atoms with Crippen molar-refractivity contribution in [2.45, 2.75) is 25.8 Å². The minimum Gasteiger partial charge on any atom is -0.357 e. The smallest absolute Gasteiger partial charge is 0.231 e. The Kier molecular flexibility index (Phi) is 4.94. The summed E-state index contributed by atoms with van der Waals surface area (Å²) in [5, 5.41) is 6.25. The molecule has 1 heterocycles. The fraction of sp³-hybridized carbons (Fsp3) is 0.769. The molecule has 1 aliphatic carbocycles. The number of likely N-dealkylation sites (N-methyl/N-ethyl adjacent to an activating group) is 1. The summed E-state index contributed by atoms with van der Waals surface area (Å²) in [4.78, 5) is 17.4. The van der Waals surface area contributed by atoms with E-state index >= 15 is 0 Å². The molecule has 2 rings (SSSR count). The van der Waals surface area contributed by atoms with Gasteiger partial charge in [-0.25, -0.2) is 0 Å².